The van der Waals surface area contributed by atoms with Crippen LogP contribution in [0.3, 0.4) is 0 Å². The van der Waals surface area contributed by atoms with Gasteiger partial charge >= 0.3 is 0 Å². The first-order chi connectivity index (χ1) is 16.0. The number of hydrogen-bond acceptors (Lipinski definition) is 2. The molecule has 1 fully saturated rings. The molecular weight excluding hydrogens is 561 g/mol. The van der Waals surface area contributed by atoms with Crippen molar-refractivity contribution in [1.82, 2.24) is 0 Å². The van der Waals surface area contributed by atoms with Gasteiger partial charge in [-0.3, -0.25) is 9.59 Å². The molecule has 3 aromatic rings. The summed E-state index contributed by atoms with van der Waals surface area (Å²) in [7, 11) is 1.59. The number of alkyl halides is 2. The van der Waals surface area contributed by atoms with Crippen LogP contribution in [0.5, 0.6) is 0 Å². The smallest absolute Gasteiger partial charge is 0.259 e. The number of nitrogens with one attached hydrogen (secondary N) is 1. The molecule has 1 saturated carbocycles. The Morgan fingerprint density at radius 2 is 1.53 bits per heavy atom. The number of amides is 2. The summed E-state index contributed by atoms with van der Waals surface area (Å²) in [5, 5.41) is 4.25. The minimum absolute atomic E-state index is 0.193. The van der Waals surface area contributed by atoms with Gasteiger partial charge in [-0.15, -0.1) is 23.2 Å². The van der Waals surface area contributed by atoms with Crippen molar-refractivity contribution in [2.45, 2.75) is 10.3 Å². The average Bonchev–Trinajstić information content (AvgIpc) is 3.36. The van der Waals surface area contributed by atoms with Crippen LogP contribution in [0.4, 0.5) is 11.4 Å². The summed E-state index contributed by atoms with van der Waals surface area (Å²) in [5.74, 6) is -2.04. The lowest BCUT2D eigenvalue weighted by atomic mass is 10.1. The van der Waals surface area contributed by atoms with Crippen molar-refractivity contribution >= 4 is 92.8 Å². The van der Waals surface area contributed by atoms with Crippen molar-refractivity contribution in [3.8, 4) is 0 Å². The molecule has 2 atom stereocenters. The molecule has 0 radical (unpaired) electrons. The molecule has 34 heavy (non-hydrogen) atoms. The third-order valence-corrected chi connectivity index (χ3v) is 7.59. The number of hydrogen-bond donors (Lipinski definition) is 1. The summed E-state index contributed by atoms with van der Waals surface area (Å²) < 4.78 is -1.33. The molecule has 10 heteroatoms. The van der Waals surface area contributed by atoms with Gasteiger partial charge in [0.2, 0.25) is 5.91 Å². The zero-order valence-corrected chi connectivity index (χ0v) is 22.0. The van der Waals surface area contributed by atoms with Crippen LogP contribution in [0, 0.1) is 5.92 Å². The van der Waals surface area contributed by atoms with E-state index in [1.165, 1.54) is 17.0 Å². The van der Waals surface area contributed by atoms with Gasteiger partial charge in [0, 0.05) is 28.7 Å². The third-order valence-electron chi connectivity index (χ3n) is 5.56. The number of carbonyl (C=O) groups excluding carboxylic acids is 2. The fourth-order valence-corrected chi connectivity index (χ4v) is 5.66. The highest BCUT2D eigenvalue weighted by atomic mass is 35.5. The Morgan fingerprint density at radius 3 is 2.18 bits per heavy atom. The fraction of sp³-hybridized carbons (Fsp3) is 0.167. The van der Waals surface area contributed by atoms with Gasteiger partial charge < -0.3 is 10.2 Å². The minimum atomic E-state index is -1.33. The molecule has 0 aliphatic heterocycles. The van der Waals surface area contributed by atoms with Gasteiger partial charge in [0.1, 0.15) is 4.33 Å². The SMILES string of the molecule is CN(C(=O)c1cc(NC(=O)C2C(c3cc(Cl)cc(Cl)c3)C2(Cl)Cl)ccc1Cl)c1ccccc1Cl. The second-order valence-corrected chi connectivity index (χ2v) is 11.0. The highest BCUT2D eigenvalue weighted by Gasteiger charge is 2.67. The van der Waals surface area contributed by atoms with Crippen LogP contribution >= 0.6 is 69.6 Å². The standard InChI is InChI=1S/C24H16Cl6N2O2/c1-32(19-5-3-2-4-18(19)28)23(34)16-11-15(6-7-17(16)27)31-22(33)21-20(24(21,29)30)12-8-13(25)10-14(26)9-12/h2-11,20-21H,1H3,(H,31,33). The molecule has 1 N–H and O–H groups in total. The summed E-state index contributed by atoms with van der Waals surface area (Å²) in [4.78, 5) is 27.5. The van der Waals surface area contributed by atoms with Crippen LogP contribution in [0.25, 0.3) is 0 Å². The van der Waals surface area contributed by atoms with Crippen LogP contribution in [0.2, 0.25) is 20.1 Å². The Balaban J connectivity index is 1.55. The molecule has 2 amide bonds. The first-order valence-corrected chi connectivity index (χ1v) is 12.2. The Hall–Kier alpha value is -1.66. The van der Waals surface area contributed by atoms with E-state index in [2.05, 4.69) is 5.32 Å². The van der Waals surface area contributed by atoms with E-state index in [4.69, 9.17) is 69.6 Å². The molecule has 3 aromatic carbocycles. The summed E-state index contributed by atoms with van der Waals surface area (Å²) in [6, 6.07) is 16.5. The lowest BCUT2D eigenvalue weighted by molar-refractivity contribution is -0.117. The number of rotatable bonds is 5. The molecule has 1 aliphatic rings. The maximum absolute atomic E-state index is 13.1. The van der Waals surface area contributed by atoms with E-state index in [1.807, 2.05) is 0 Å². The Morgan fingerprint density at radius 1 is 0.882 bits per heavy atom. The van der Waals surface area contributed by atoms with Crippen LogP contribution in [0.15, 0.2) is 60.7 Å². The van der Waals surface area contributed by atoms with Crippen molar-refractivity contribution in [3.05, 3.63) is 91.9 Å². The molecule has 176 valence electrons. The number of anilines is 2. The maximum Gasteiger partial charge on any atom is 0.259 e. The maximum atomic E-state index is 13.1. The first-order valence-electron chi connectivity index (χ1n) is 9.97. The van der Waals surface area contributed by atoms with E-state index in [1.54, 1.807) is 55.6 Å². The highest BCUT2D eigenvalue weighted by Crippen LogP contribution is 2.65. The molecule has 0 heterocycles. The van der Waals surface area contributed by atoms with E-state index < -0.39 is 28.0 Å². The normalized spacial score (nSPS) is 18.3. The van der Waals surface area contributed by atoms with Gasteiger partial charge in [-0.25, -0.2) is 0 Å². The fourth-order valence-electron chi connectivity index (χ4n) is 3.82. The Kier molecular flexibility index (Phi) is 7.31. The van der Waals surface area contributed by atoms with E-state index in [-0.39, 0.29) is 10.6 Å². The van der Waals surface area contributed by atoms with Crippen molar-refractivity contribution in [2.75, 3.05) is 17.3 Å². The van der Waals surface area contributed by atoms with Gasteiger partial charge in [0.15, 0.2) is 0 Å². The summed E-state index contributed by atoms with van der Waals surface area (Å²) in [5.41, 5.74) is 1.74. The number of halogens is 6. The number of para-hydroxylation sites is 1. The topological polar surface area (TPSA) is 49.4 Å². The van der Waals surface area contributed by atoms with Crippen molar-refractivity contribution in [2.24, 2.45) is 5.92 Å². The summed E-state index contributed by atoms with van der Waals surface area (Å²) in [6.07, 6.45) is 0. The van der Waals surface area contributed by atoms with Crippen LogP contribution in [-0.2, 0) is 4.79 Å². The van der Waals surface area contributed by atoms with Crippen LogP contribution in [-0.4, -0.2) is 23.2 Å². The largest absolute Gasteiger partial charge is 0.326 e. The summed E-state index contributed by atoms with van der Waals surface area (Å²) >= 11 is 37.5. The van der Waals surface area contributed by atoms with Gasteiger partial charge in [0.25, 0.3) is 5.91 Å². The predicted molar refractivity (Wildman–Crippen MR) is 141 cm³/mol. The number of nitrogens with zero attached hydrogens (tertiary/aromatic N) is 1. The Bertz CT molecular complexity index is 1280. The summed E-state index contributed by atoms with van der Waals surface area (Å²) in [6.45, 7) is 0. The Labute approximate surface area is 226 Å². The minimum Gasteiger partial charge on any atom is -0.326 e. The van der Waals surface area contributed by atoms with E-state index in [0.717, 1.165) is 0 Å². The van der Waals surface area contributed by atoms with Gasteiger partial charge in [-0.2, -0.15) is 0 Å². The zero-order valence-electron chi connectivity index (χ0n) is 17.5. The highest BCUT2D eigenvalue weighted by molar-refractivity contribution is 6.53. The van der Waals surface area contributed by atoms with Crippen molar-refractivity contribution < 1.29 is 9.59 Å². The van der Waals surface area contributed by atoms with Gasteiger partial charge in [-0.1, -0.05) is 58.5 Å². The van der Waals surface area contributed by atoms with E-state index in [9.17, 15) is 9.59 Å². The van der Waals surface area contributed by atoms with Crippen molar-refractivity contribution in [1.29, 1.82) is 0 Å². The quantitative estimate of drug-likeness (QED) is 0.312. The first kappa shape index (κ1) is 25.4. The zero-order chi connectivity index (χ0) is 24.8. The van der Waals surface area contributed by atoms with Gasteiger partial charge in [-0.05, 0) is 54.1 Å². The van der Waals surface area contributed by atoms with Gasteiger partial charge in [0.05, 0.1) is 27.2 Å². The average molecular weight is 577 g/mol. The third kappa shape index (κ3) is 4.99. The molecule has 4 rings (SSSR count). The molecule has 0 aromatic heterocycles. The predicted octanol–water partition coefficient (Wildman–Crippen LogP) is 8.10. The lowest BCUT2D eigenvalue weighted by Gasteiger charge is -2.20. The van der Waals surface area contributed by atoms with E-state index >= 15 is 0 Å². The number of carbonyl (C=O) groups is 2. The molecule has 4 nitrogen and oxygen atoms in total. The second-order valence-electron chi connectivity index (χ2n) is 7.83. The molecule has 2 unspecified atom stereocenters. The van der Waals surface area contributed by atoms with Crippen LogP contribution < -0.4 is 10.2 Å². The second kappa shape index (κ2) is 9.77. The monoisotopic (exact) mass is 574 g/mol. The van der Waals surface area contributed by atoms with Crippen LogP contribution in [0.1, 0.15) is 21.8 Å². The lowest BCUT2D eigenvalue weighted by Crippen LogP contribution is -2.27. The molecule has 0 bridgehead atoms. The molecule has 0 saturated heterocycles. The molecular formula is C24H16Cl6N2O2. The molecule has 1 aliphatic carbocycles. The van der Waals surface area contributed by atoms with Crippen molar-refractivity contribution in [3.63, 3.8) is 0 Å². The number of benzene rings is 3. The van der Waals surface area contributed by atoms with E-state index in [0.29, 0.717) is 32.0 Å². The molecule has 0 spiro atoms.